The van der Waals surface area contributed by atoms with Crippen molar-refractivity contribution in [3.63, 3.8) is 0 Å². The summed E-state index contributed by atoms with van der Waals surface area (Å²) in [4.78, 5) is 29.6. The van der Waals surface area contributed by atoms with Crippen LogP contribution in [0.4, 0.5) is 10.1 Å². The van der Waals surface area contributed by atoms with E-state index in [9.17, 15) is 18.0 Å². The highest BCUT2D eigenvalue weighted by Crippen LogP contribution is 2.29. The number of aryl methyl sites for hydroxylation is 1. The fraction of sp³-hybridized carbons (Fsp3) is 0.257. The van der Waals surface area contributed by atoms with Crippen LogP contribution in [-0.4, -0.2) is 43.8 Å². The molecule has 0 fully saturated rings. The van der Waals surface area contributed by atoms with E-state index in [1.165, 1.54) is 41.3 Å². The lowest BCUT2D eigenvalue weighted by atomic mass is 10.0. The molecule has 0 radical (unpaired) electrons. The molecule has 11 heteroatoms. The summed E-state index contributed by atoms with van der Waals surface area (Å²) in [6.07, 6.45) is 0.779. The van der Waals surface area contributed by atoms with Gasteiger partial charge in [-0.3, -0.25) is 13.9 Å². The van der Waals surface area contributed by atoms with Crippen LogP contribution in [-0.2, 0) is 32.6 Å². The second kappa shape index (κ2) is 15.6. The lowest BCUT2D eigenvalue weighted by Gasteiger charge is -2.34. The number of hydrogen-bond acceptors (Lipinski definition) is 4. The number of para-hydroxylation sites is 1. The molecule has 0 spiro atoms. The maximum absolute atomic E-state index is 15.3. The number of sulfonamides is 1. The number of carbonyl (C=O) groups excluding carboxylic acids is 2. The topological polar surface area (TPSA) is 86.8 Å². The summed E-state index contributed by atoms with van der Waals surface area (Å²) in [6, 6.07) is 24.1. The van der Waals surface area contributed by atoms with Crippen molar-refractivity contribution >= 4 is 50.7 Å². The van der Waals surface area contributed by atoms with E-state index in [-0.39, 0.29) is 34.6 Å². The van der Waals surface area contributed by atoms with E-state index in [4.69, 9.17) is 23.2 Å². The second-order valence-electron chi connectivity index (χ2n) is 11.1. The molecular formula is C35H36Cl2FN3O4S. The lowest BCUT2D eigenvalue weighted by Crippen LogP contribution is -2.54. The van der Waals surface area contributed by atoms with Gasteiger partial charge in [0.25, 0.3) is 10.0 Å². The van der Waals surface area contributed by atoms with Gasteiger partial charge in [-0.2, -0.15) is 0 Å². The zero-order chi connectivity index (χ0) is 33.4. The zero-order valence-corrected chi connectivity index (χ0v) is 28.1. The Kier molecular flexibility index (Phi) is 11.8. The predicted molar refractivity (Wildman–Crippen MR) is 181 cm³/mol. The third kappa shape index (κ3) is 8.66. The number of hydrogen-bond donors (Lipinski definition) is 1. The first kappa shape index (κ1) is 34.9. The normalized spacial score (nSPS) is 12.7. The molecule has 2 amide bonds. The van der Waals surface area contributed by atoms with Crippen molar-refractivity contribution in [3.05, 3.63) is 130 Å². The van der Waals surface area contributed by atoms with Gasteiger partial charge in [-0.05, 0) is 67.8 Å². The number of benzene rings is 4. The van der Waals surface area contributed by atoms with Crippen LogP contribution >= 0.6 is 23.2 Å². The van der Waals surface area contributed by atoms with Gasteiger partial charge in [0.05, 0.1) is 10.6 Å². The Morgan fingerprint density at radius 1 is 0.913 bits per heavy atom. The van der Waals surface area contributed by atoms with Crippen molar-refractivity contribution in [2.45, 2.75) is 57.1 Å². The molecule has 0 aliphatic heterocycles. The van der Waals surface area contributed by atoms with Crippen molar-refractivity contribution < 1.29 is 22.4 Å². The van der Waals surface area contributed by atoms with Gasteiger partial charge in [0.15, 0.2) is 0 Å². The Labute approximate surface area is 280 Å². The van der Waals surface area contributed by atoms with E-state index in [0.29, 0.717) is 17.0 Å². The number of amides is 2. The molecule has 7 nitrogen and oxygen atoms in total. The minimum atomic E-state index is -4.43. The summed E-state index contributed by atoms with van der Waals surface area (Å²) < 4.78 is 44.1. The number of carbonyl (C=O) groups is 2. The van der Waals surface area contributed by atoms with Crippen LogP contribution in [0.5, 0.6) is 0 Å². The van der Waals surface area contributed by atoms with E-state index in [1.54, 1.807) is 24.3 Å². The number of rotatable bonds is 13. The Morgan fingerprint density at radius 2 is 1.57 bits per heavy atom. The van der Waals surface area contributed by atoms with E-state index in [2.05, 4.69) is 5.32 Å². The minimum Gasteiger partial charge on any atom is -0.352 e. The average Bonchev–Trinajstić information content (AvgIpc) is 3.03. The Hall–Kier alpha value is -3.92. The highest BCUT2D eigenvalue weighted by Gasteiger charge is 2.36. The van der Waals surface area contributed by atoms with Crippen LogP contribution in [0.25, 0.3) is 0 Å². The fourth-order valence-electron chi connectivity index (χ4n) is 4.83. The van der Waals surface area contributed by atoms with Gasteiger partial charge in [0.2, 0.25) is 11.8 Å². The number of halogens is 3. The minimum absolute atomic E-state index is 0.114. The van der Waals surface area contributed by atoms with E-state index in [1.807, 2.05) is 51.1 Å². The quantitative estimate of drug-likeness (QED) is 0.162. The van der Waals surface area contributed by atoms with E-state index >= 15 is 4.39 Å². The van der Waals surface area contributed by atoms with Gasteiger partial charge in [-0.25, -0.2) is 12.8 Å². The van der Waals surface area contributed by atoms with Crippen molar-refractivity contribution in [3.8, 4) is 0 Å². The molecule has 4 aromatic carbocycles. The van der Waals surface area contributed by atoms with Gasteiger partial charge in [-0.1, -0.05) is 96.4 Å². The van der Waals surface area contributed by atoms with E-state index < -0.39 is 40.2 Å². The maximum atomic E-state index is 15.3. The lowest BCUT2D eigenvalue weighted by molar-refractivity contribution is -0.140. The molecule has 2 atom stereocenters. The maximum Gasteiger partial charge on any atom is 0.264 e. The Bertz CT molecular complexity index is 1770. The fourth-order valence-corrected chi connectivity index (χ4v) is 6.72. The highest BCUT2D eigenvalue weighted by atomic mass is 35.5. The van der Waals surface area contributed by atoms with Crippen molar-refractivity contribution in [2.75, 3.05) is 10.8 Å². The summed E-state index contributed by atoms with van der Waals surface area (Å²) in [6.45, 7) is 4.66. The monoisotopic (exact) mass is 683 g/mol. The van der Waals surface area contributed by atoms with Crippen LogP contribution in [0.2, 0.25) is 10.0 Å². The molecule has 0 saturated heterocycles. The molecule has 0 aliphatic rings. The van der Waals surface area contributed by atoms with Gasteiger partial charge in [0, 0.05) is 29.1 Å². The first-order valence-electron chi connectivity index (χ1n) is 14.8. The third-order valence-corrected chi connectivity index (χ3v) is 10.00. The highest BCUT2D eigenvalue weighted by molar-refractivity contribution is 7.92. The van der Waals surface area contributed by atoms with Crippen LogP contribution in [0, 0.1) is 12.7 Å². The zero-order valence-electron chi connectivity index (χ0n) is 25.8. The van der Waals surface area contributed by atoms with Crippen molar-refractivity contribution in [1.29, 1.82) is 0 Å². The Morgan fingerprint density at radius 3 is 2.20 bits per heavy atom. The molecule has 4 aromatic rings. The smallest absolute Gasteiger partial charge is 0.264 e. The SMILES string of the molecule is CC[C@@H](C)NC(=O)[C@@H](Cc1ccccc1)N(Cc1ccc(Cl)cc1Cl)C(=O)CN(c1ccccc1F)S(=O)(=O)c1ccc(C)cc1. The molecule has 46 heavy (non-hydrogen) atoms. The van der Waals surface area contributed by atoms with Gasteiger partial charge < -0.3 is 10.2 Å². The first-order valence-corrected chi connectivity index (χ1v) is 17.0. The average molecular weight is 685 g/mol. The van der Waals surface area contributed by atoms with Crippen LogP contribution in [0.1, 0.15) is 37.0 Å². The van der Waals surface area contributed by atoms with Crippen LogP contribution in [0.3, 0.4) is 0 Å². The number of anilines is 1. The van der Waals surface area contributed by atoms with Gasteiger partial charge in [-0.15, -0.1) is 0 Å². The molecule has 0 bridgehead atoms. The van der Waals surface area contributed by atoms with Crippen molar-refractivity contribution in [1.82, 2.24) is 10.2 Å². The molecule has 242 valence electrons. The van der Waals surface area contributed by atoms with Crippen LogP contribution in [0.15, 0.2) is 102 Å². The predicted octanol–water partition coefficient (Wildman–Crippen LogP) is 7.19. The standard InChI is InChI=1S/C35H36Cl2FN3O4S/c1-4-25(3)39-35(43)33(20-26-10-6-5-7-11-26)40(22-27-16-17-28(36)21-30(27)37)34(42)23-41(32-13-9-8-12-31(32)38)46(44,45)29-18-14-24(2)15-19-29/h5-19,21,25,33H,4,20,22-23H2,1-3H3,(H,39,43)/t25-,33-/m1/s1. The molecule has 0 aromatic heterocycles. The largest absolute Gasteiger partial charge is 0.352 e. The van der Waals surface area contributed by atoms with Gasteiger partial charge in [0.1, 0.15) is 18.4 Å². The van der Waals surface area contributed by atoms with E-state index in [0.717, 1.165) is 21.5 Å². The summed E-state index contributed by atoms with van der Waals surface area (Å²) in [5.41, 5.74) is 1.80. The number of nitrogens with one attached hydrogen (secondary N) is 1. The molecule has 4 rings (SSSR count). The van der Waals surface area contributed by atoms with Crippen molar-refractivity contribution in [2.24, 2.45) is 0 Å². The Balaban J connectivity index is 1.84. The summed E-state index contributed by atoms with van der Waals surface area (Å²) in [5, 5.41) is 3.63. The van der Waals surface area contributed by atoms with Crippen LogP contribution < -0.4 is 9.62 Å². The molecular weight excluding hydrogens is 648 g/mol. The van der Waals surface area contributed by atoms with Gasteiger partial charge >= 0.3 is 0 Å². The first-order chi connectivity index (χ1) is 21.9. The molecule has 0 heterocycles. The summed E-state index contributed by atoms with van der Waals surface area (Å²) in [5.74, 6) is -1.98. The molecule has 0 aliphatic carbocycles. The summed E-state index contributed by atoms with van der Waals surface area (Å²) >= 11 is 12.7. The molecule has 1 N–H and O–H groups in total. The number of nitrogens with zero attached hydrogens (tertiary/aromatic N) is 2. The summed E-state index contributed by atoms with van der Waals surface area (Å²) in [7, 11) is -4.43. The third-order valence-electron chi connectivity index (χ3n) is 7.64. The molecule has 0 unspecified atom stereocenters. The second-order valence-corrected chi connectivity index (χ2v) is 13.8. The molecule has 0 saturated carbocycles.